The molecule has 0 aliphatic rings. The standard InChI is InChI=1S/C10H11F4NO.ClH/c1-5-6(3-2-4-7(5)11)8(15)9(16)10(12,13)14;/h2-4,8-9,16H,15H2,1H3;1H/t8-,9-;/m0./s1. The Kier molecular flexibility index (Phi) is 5.38. The van der Waals surface area contributed by atoms with Crippen LogP contribution in [0.1, 0.15) is 17.2 Å². The summed E-state index contributed by atoms with van der Waals surface area (Å²) >= 11 is 0. The van der Waals surface area contributed by atoms with Crippen molar-refractivity contribution in [1.82, 2.24) is 0 Å². The summed E-state index contributed by atoms with van der Waals surface area (Å²) in [4.78, 5) is 0. The summed E-state index contributed by atoms with van der Waals surface area (Å²) < 4.78 is 49.7. The molecule has 1 rings (SSSR count). The number of halogens is 5. The van der Waals surface area contributed by atoms with Crippen molar-refractivity contribution in [2.45, 2.75) is 25.2 Å². The van der Waals surface area contributed by atoms with E-state index in [1.54, 1.807) is 0 Å². The number of alkyl halides is 3. The predicted molar refractivity (Wildman–Crippen MR) is 57.4 cm³/mol. The van der Waals surface area contributed by atoms with E-state index in [0.29, 0.717) is 0 Å². The fourth-order valence-electron chi connectivity index (χ4n) is 1.36. The molecule has 0 heterocycles. The van der Waals surface area contributed by atoms with E-state index in [-0.39, 0.29) is 23.5 Å². The second kappa shape index (κ2) is 5.66. The monoisotopic (exact) mass is 273 g/mol. The SMILES string of the molecule is Cc1c(F)cccc1[C@H](N)[C@H](O)C(F)(F)F.Cl. The number of nitrogens with two attached hydrogens (primary N) is 1. The van der Waals surface area contributed by atoms with Crippen molar-refractivity contribution in [2.24, 2.45) is 5.73 Å². The van der Waals surface area contributed by atoms with Gasteiger partial charge < -0.3 is 10.8 Å². The summed E-state index contributed by atoms with van der Waals surface area (Å²) in [5, 5.41) is 8.95. The van der Waals surface area contributed by atoms with Gasteiger partial charge in [0.15, 0.2) is 6.10 Å². The Morgan fingerprint density at radius 2 is 1.82 bits per heavy atom. The van der Waals surface area contributed by atoms with Crippen LogP contribution in [0.15, 0.2) is 18.2 Å². The Balaban J connectivity index is 0.00000256. The summed E-state index contributed by atoms with van der Waals surface area (Å²) in [6.07, 6.45) is -7.52. The number of aliphatic hydroxyl groups excluding tert-OH is 1. The number of benzene rings is 1. The maximum atomic E-state index is 13.1. The lowest BCUT2D eigenvalue weighted by Crippen LogP contribution is -2.39. The number of aliphatic hydroxyl groups is 1. The molecule has 0 aromatic heterocycles. The smallest absolute Gasteiger partial charge is 0.382 e. The third-order valence-electron chi connectivity index (χ3n) is 2.34. The first-order valence-corrected chi connectivity index (χ1v) is 4.50. The van der Waals surface area contributed by atoms with E-state index in [2.05, 4.69) is 0 Å². The van der Waals surface area contributed by atoms with Gasteiger partial charge in [0.25, 0.3) is 0 Å². The van der Waals surface area contributed by atoms with Crippen molar-refractivity contribution in [1.29, 1.82) is 0 Å². The molecular formula is C10H12ClF4NO. The molecule has 0 fully saturated rings. The zero-order valence-corrected chi connectivity index (χ0v) is 9.65. The van der Waals surface area contributed by atoms with Crippen LogP contribution in [-0.4, -0.2) is 17.4 Å². The van der Waals surface area contributed by atoms with Crippen LogP contribution in [-0.2, 0) is 0 Å². The van der Waals surface area contributed by atoms with E-state index in [0.717, 1.165) is 6.07 Å². The third kappa shape index (κ3) is 3.55. The average molecular weight is 274 g/mol. The molecule has 7 heteroatoms. The first kappa shape index (κ1) is 16.1. The van der Waals surface area contributed by atoms with Gasteiger partial charge in [-0.25, -0.2) is 4.39 Å². The first-order valence-electron chi connectivity index (χ1n) is 4.50. The van der Waals surface area contributed by atoms with Gasteiger partial charge in [-0.05, 0) is 24.1 Å². The minimum atomic E-state index is -4.82. The molecule has 0 spiro atoms. The molecule has 98 valence electrons. The summed E-state index contributed by atoms with van der Waals surface area (Å²) in [6.45, 7) is 1.31. The highest BCUT2D eigenvalue weighted by molar-refractivity contribution is 5.85. The fraction of sp³-hybridized carbons (Fsp3) is 0.400. The Hall–Kier alpha value is -0.850. The lowest BCUT2D eigenvalue weighted by Gasteiger charge is -2.23. The maximum absolute atomic E-state index is 13.1. The van der Waals surface area contributed by atoms with Gasteiger partial charge in [-0.1, -0.05) is 12.1 Å². The normalized spacial score (nSPS) is 15.0. The zero-order chi connectivity index (χ0) is 12.5. The van der Waals surface area contributed by atoms with Gasteiger partial charge in [0.2, 0.25) is 0 Å². The fourth-order valence-corrected chi connectivity index (χ4v) is 1.36. The average Bonchev–Trinajstić information content (AvgIpc) is 2.18. The van der Waals surface area contributed by atoms with E-state index >= 15 is 0 Å². The Labute approximate surface area is 102 Å². The molecule has 0 saturated carbocycles. The van der Waals surface area contributed by atoms with Gasteiger partial charge >= 0.3 is 6.18 Å². The number of rotatable bonds is 2. The Morgan fingerprint density at radius 1 is 1.29 bits per heavy atom. The van der Waals surface area contributed by atoms with Gasteiger partial charge in [-0.2, -0.15) is 13.2 Å². The Bertz CT molecular complexity index is 383. The quantitative estimate of drug-likeness (QED) is 0.813. The molecule has 3 N–H and O–H groups in total. The molecule has 2 nitrogen and oxygen atoms in total. The van der Waals surface area contributed by atoms with Gasteiger partial charge in [-0.3, -0.25) is 0 Å². The highest BCUT2D eigenvalue weighted by Crippen LogP contribution is 2.30. The van der Waals surface area contributed by atoms with Gasteiger partial charge in [0.05, 0.1) is 6.04 Å². The molecule has 0 amide bonds. The van der Waals surface area contributed by atoms with Gasteiger partial charge in [0.1, 0.15) is 5.82 Å². The van der Waals surface area contributed by atoms with Crippen LogP contribution in [0.2, 0.25) is 0 Å². The number of hydrogen-bond donors (Lipinski definition) is 2. The van der Waals surface area contributed by atoms with Crippen LogP contribution in [0.5, 0.6) is 0 Å². The second-order valence-electron chi connectivity index (χ2n) is 3.47. The van der Waals surface area contributed by atoms with Crippen LogP contribution in [0.4, 0.5) is 17.6 Å². The molecule has 2 atom stereocenters. The maximum Gasteiger partial charge on any atom is 0.416 e. The van der Waals surface area contributed by atoms with Crippen LogP contribution in [0.25, 0.3) is 0 Å². The van der Waals surface area contributed by atoms with Crippen LogP contribution in [0, 0.1) is 12.7 Å². The van der Waals surface area contributed by atoms with Crippen molar-refractivity contribution >= 4 is 12.4 Å². The van der Waals surface area contributed by atoms with Crippen LogP contribution < -0.4 is 5.73 Å². The van der Waals surface area contributed by atoms with Crippen molar-refractivity contribution in [2.75, 3.05) is 0 Å². The Morgan fingerprint density at radius 3 is 2.29 bits per heavy atom. The minimum absolute atomic E-state index is 0. The van der Waals surface area contributed by atoms with Gasteiger partial charge in [0, 0.05) is 0 Å². The van der Waals surface area contributed by atoms with E-state index in [4.69, 9.17) is 10.8 Å². The van der Waals surface area contributed by atoms with E-state index in [1.165, 1.54) is 19.1 Å². The molecule has 0 aliphatic carbocycles. The first-order chi connectivity index (χ1) is 7.25. The summed E-state index contributed by atoms with van der Waals surface area (Å²) in [7, 11) is 0. The predicted octanol–water partition coefficient (Wildman–Crippen LogP) is 2.48. The highest BCUT2D eigenvalue weighted by atomic mass is 35.5. The largest absolute Gasteiger partial charge is 0.416 e. The summed E-state index contributed by atoms with van der Waals surface area (Å²) in [6, 6.07) is 1.94. The molecular weight excluding hydrogens is 262 g/mol. The van der Waals surface area contributed by atoms with Crippen molar-refractivity contribution in [3.63, 3.8) is 0 Å². The van der Waals surface area contributed by atoms with Crippen molar-refractivity contribution in [3.05, 3.63) is 35.1 Å². The summed E-state index contributed by atoms with van der Waals surface area (Å²) in [5.41, 5.74) is 5.22. The van der Waals surface area contributed by atoms with Crippen molar-refractivity contribution in [3.8, 4) is 0 Å². The topological polar surface area (TPSA) is 46.2 Å². The third-order valence-corrected chi connectivity index (χ3v) is 2.34. The van der Waals surface area contributed by atoms with Crippen molar-refractivity contribution < 1.29 is 22.7 Å². The van der Waals surface area contributed by atoms with Crippen LogP contribution >= 0.6 is 12.4 Å². The van der Waals surface area contributed by atoms with Crippen LogP contribution in [0.3, 0.4) is 0 Å². The molecule has 0 aliphatic heterocycles. The lowest BCUT2D eigenvalue weighted by molar-refractivity contribution is -0.210. The minimum Gasteiger partial charge on any atom is -0.382 e. The molecule has 1 aromatic rings. The second-order valence-corrected chi connectivity index (χ2v) is 3.47. The zero-order valence-electron chi connectivity index (χ0n) is 8.83. The number of hydrogen-bond acceptors (Lipinski definition) is 2. The van der Waals surface area contributed by atoms with E-state index < -0.39 is 24.1 Å². The van der Waals surface area contributed by atoms with E-state index in [1.807, 2.05) is 0 Å². The molecule has 0 radical (unpaired) electrons. The molecule has 0 saturated heterocycles. The summed E-state index contributed by atoms with van der Waals surface area (Å²) in [5.74, 6) is -0.651. The molecule has 0 unspecified atom stereocenters. The molecule has 0 bridgehead atoms. The molecule has 1 aromatic carbocycles. The highest BCUT2D eigenvalue weighted by Gasteiger charge is 2.43. The van der Waals surface area contributed by atoms with E-state index in [9.17, 15) is 17.6 Å². The van der Waals surface area contributed by atoms with Gasteiger partial charge in [-0.15, -0.1) is 12.4 Å². The lowest BCUT2D eigenvalue weighted by atomic mass is 9.97. The molecule has 17 heavy (non-hydrogen) atoms.